The normalized spacial score (nSPS) is 12.8. The molecule has 6 nitrogen and oxygen atoms in total. The van der Waals surface area contributed by atoms with Gasteiger partial charge in [0.15, 0.2) is 0 Å². The SMILES string of the molecule is CC(N)=O.Nc1cc(Cl)c(Cl)c2c1c(-c1cn[nH]c1)c1n2CCC1. The molecule has 126 valence electrons. The summed E-state index contributed by atoms with van der Waals surface area (Å²) in [6, 6.07) is 1.73. The third-order valence-electron chi connectivity index (χ3n) is 3.94. The minimum absolute atomic E-state index is 0.333. The highest BCUT2D eigenvalue weighted by molar-refractivity contribution is 6.46. The van der Waals surface area contributed by atoms with Gasteiger partial charge < -0.3 is 16.0 Å². The predicted octanol–water partition coefficient (Wildman–Crippen LogP) is 3.36. The fourth-order valence-electron chi connectivity index (χ4n) is 3.17. The number of nitrogens with zero attached hydrogens (tertiary/aromatic N) is 2. The van der Waals surface area contributed by atoms with Gasteiger partial charge in [-0.2, -0.15) is 5.10 Å². The van der Waals surface area contributed by atoms with Crippen LogP contribution >= 0.6 is 23.2 Å². The number of anilines is 1. The van der Waals surface area contributed by atoms with Crippen molar-refractivity contribution in [1.82, 2.24) is 14.8 Å². The fraction of sp³-hybridized carbons (Fsp3) is 0.250. The first kappa shape index (κ1) is 16.7. The van der Waals surface area contributed by atoms with Crippen molar-refractivity contribution in [2.24, 2.45) is 5.73 Å². The lowest BCUT2D eigenvalue weighted by Gasteiger charge is -2.06. The van der Waals surface area contributed by atoms with Crippen molar-refractivity contribution >= 4 is 45.7 Å². The molecular formula is C16H17Cl2N5O. The van der Waals surface area contributed by atoms with Gasteiger partial charge in [0, 0.05) is 47.6 Å². The van der Waals surface area contributed by atoms with E-state index in [0.717, 1.165) is 41.4 Å². The first-order valence-corrected chi connectivity index (χ1v) is 8.21. The molecule has 0 bridgehead atoms. The molecule has 3 heterocycles. The highest BCUT2D eigenvalue weighted by atomic mass is 35.5. The zero-order chi connectivity index (χ0) is 17.4. The topological polar surface area (TPSA) is 103 Å². The molecule has 1 amide bonds. The fourth-order valence-corrected chi connectivity index (χ4v) is 3.63. The van der Waals surface area contributed by atoms with Crippen LogP contribution in [0.2, 0.25) is 10.0 Å². The number of amides is 1. The Hall–Kier alpha value is -2.18. The molecule has 5 N–H and O–H groups in total. The summed E-state index contributed by atoms with van der Waals surface area (Å²) in [5.74, 6) is -0.333. The number of H-pyrrole nitrogens is 1. The van der Waals surface area contributed by atoms with Crippen LogP contribution in [0, 0.1) is 0 Å². The number of nitrogens with two attached hydrogens (primary N) is 2. The molecule has 1 aromatic carbocycles. The number of nitrogens with one attached hydrogen (secondary N) is 1. The summed E-state index contributed by atoms with van der Waals surface area (Å²) in [5.41, 5.74) is 15.7. The molecule has 0 aliphatic carbocycles. The van der Waals surface area contributed by atoms with Crippen molar-refractivity contribution in [3.8, 4) is 11.1 Å². The minimum Gasteiger partial charge on any atom is -0.398 e. The average Bonchev–Trinajstić information content (AvgIpc) is 3.20. The second-order valence-electron chi connectivity index (χ2n) is 5.66. The van der Waals surface area contributed by atoms with Crippen LogP contribution in [0.5, 0.6) is 0 Å². The lowest BCUT2D eigenvalue weighted by atomic mass is 10.0. The summed E-state index contributed by atoms with van der Waals surface area (Å²) in [6.45, 7) is 2.25. The Morgan fingerprint density at radius 3 is 2.75 bits per heavy atom. The molecule has 0 saturated carbocycles. The number of halogens is 2. The standard InChI is InChI=1S/C14H12Cl2N4.C2H5NO/c15-8-4-9(17)12-11(7-5-18-19-6-7)10-2-1-3-20(10)14(12)13(8)16;1-2(3)4/h4-6H,1-3,17H2,(H,18,19);1H3,(H2,3,4). The summed E-state index contributed by atoms with van der Waals surface area (Å²) in [6.07, 6.45) is 5.83. The largest absolute Gasteiger partial charge is 0.398 e. The Labute approximate surface area is 148 Å². The lowest BCUT2D eigenvalue weighted by molar-refractivity contribution is -0.115. The molecule has 2 aromatic heterocycles. The maximum Gasteiger partial charge on any atom is 0.214 e. The number of carbonyl (C=O) groups excluding carboxylic acids is 1. The van der Waals surface area contributed by atoms with E-state index in [1.165, 1.54) is 12.6 Å². The maximum atomic E-state index is 9.22. The first-order chi connectivity index (χ1) is 11.4. The van der Waals surface area contributed by atoms with E-state index < -0.39 is 0 Å². The van der Waals surface area contributed by atoms with Crippen molar-refractivity contribution in [3.05, 3.63) is 34.2 Å². The van der Waals surface area contributed by atoms with E-state index in [1.807, 2.05) is 12.4 Å². The van der Waals surface area contributed by atoms with Gasteiger partial charge in [-0.25, -0.2) is 0 Å². The molecule has 3 aromatic rings. The van der Waals surface area contributed by atoms with Gasteiger partial charge in [0.1, 0.15) is 0 Å². The Balaban J connectivity index is 0.000000383. The quantitative estimate of drug-likeness (QED) is 0.576. The molecule has 0 unspecified atom stereocenters. The second kappa shape index (κ2) is 6.37. The summed E-state index contributed by atoms with van der Waals surface area (Å²) < 4.78 is 2.24. The number of aromatic nitrogens is 3. The van der Waals surface area contributed by atoms with E-state index in [-0.39, 0.29) is 5.91 Å². The van der Waals surface area contributed by atoms with Gasteiger partial charge in [0.25, 0.3) is 0 Å². The molecule has 24 heavy (non-hydrogen) atoms. The molecule has 1 aliphatic rings. The van der Waals surface area contributed by atoms with E-state index in [1.54, 1.807) is 6.07 Å². The number of nitrogen functional groups attached to an aromatic ring is 1. The number of primary amides is 1. The number of hydrogen-bond acceptors (Lipinski definition) is 3. The van der Waals surface area contributed by atoms with Gasteiger partial charge >= 0.3 is 0 Å². The molecule has 0 saturated heterocycles. The average molecular weight is 366 g/mol. The number of aryl methyl sites for hydroxylation is 1. The maximum absolute atomic E-state index is 9.22. The molecule has 4 rings (SSSR count). The van der Waals surface area contributed by atoms with Gasteiger partial charge in [-0.1, -0.05) is 23.2 Å². The molecule has 8 heteroatoms. The Morgan fingerprint density at radius 2 is 2.12 bits per heavy atom. The highest BCUT2D eigenvalue weighted by Crippen LogP contribution is 2.45. The Kier molecular flexibility index (Phi) is 4.43. The van der Waals surface area contributed by atoms with E-state index in [4.69, 9.17) is 28.9 Å². The monoisotopic (exact) mass is 365 g/mol. The van der Waals surface area contributed by atoms with Crippen LogP contribution < -0.4 is 11.5 Å². The number of rotatable bonds is 1. The van der Waals surface area contributed by atoms with Gasteiger partial charge in [-0.05, 0) is 18.9 Å². The summed E-state index contributed by atoms with van der Waals surface area (Å²) in [5, 5.41) is 8.97. The molecule has 0 fully saturated rings. The Morgan fingerprint density at radius 1 is 1.42 bits per heavy atom. The van der Waals surface area contributed by atoms with E-state index in [0.29, 0.717) is 15.7 Å². The zero-order valence-corrected chi connectivity index (χ0v) is 14.6. The van der Waals surface area contributed by atoms with Gasteiger partial charge in [-0.3, -0.25) is 9.89 Å². The van der Waals surface area contributed by atoms with Crippen LogP contribution in [0.25, 0.3) is 22.0 Å². The van der Waals surface area contributed by atoms with Crippen LogP contribution in [0.15, 0.2) is 18.5 Å². The van der Waals surface area contributed by atoms with Crippen LogP contribution in [-0.2, 0) is 17.8 Å². The van der Waals surface area contributed by atoms with Crippen LogP contribution in [-0.4, -0.2) is 20.7 Å². The molecule has 0 spiro atoms. The predicted molar refractivity (Wildman–Crippen MR) is 97.1 cm³/mol. The molecular weight excluding hydrogens is 349 g/mol. The van der Waals surface area contributed by atoms with Gasteiger partial charge in [0.2, 0.25) is 5.91 Å². The zero-order valence-electron chi connectivity index (χ0n) is 13.1. The van der Waals surface area contributed by atoms with Crippen molar-refractivity contribution in [2.45, 2.75) is 26.3 Å². The summed E-state index contributed by atoms with van der Waals surface area (Å²) >= 11 is 12.6. The van der Waals surface area contributed by atoms with E-state index in [2.05, 4.69) is 20.5 Å². The van der Waals surface area contributed by atoms with Crippen molar-refractivity contribution < 1.29 is 4.79 Å². The first-order valence-electron chi connectivity index (χ1n) is 7.45. The highest BCUT2D eigenvalue weighted by Gasteiger charge is 2.26. The molecule has 0 atom stereocenters. The van der Waals surface area contributed by atoms with Crippen molar-refractivity contribution in [1.29, 1.82) is 0 Å². The minimum atomic E-state index is -0.333. The number of hydrogen-bond donors (Lipinski definition) is 3. The summed E-state index contributed by atoms with van der Waals surface area (Å²) in [4.78, 5) is 9.22. The lowest BCUT2D eigenvalue weighted by Crippen LogP contribution is -2.01. The molecule has 0 radical (unpaired) electrons. The van der Waals surface area contributed by atoms with E-state index in [9.17, 15) is 4.79 Å². The van der Waals surface area contributed by atoms with Gasteiger partial charge in [-0.15, -0.1) is 0 Å². The smallest absolute Gasteiger partial charge is 0.214 e. The second-order valence-corrected chi connectivity index (χ2v) is 6.44. The third-order valence-corrected chi connectivity index (χ3v) is 4.72. The van der Waals surface area contributed by atoms with Crippen LogP contribution in [0.3, 0.4) is 0 Å². The van der Waals surface area contributed by atoms with Crippen LogP contribution in [0.4, 0.5) is 5.69 Å². The van der Waals surface area contributed by atoms with Gasteiger partial charge in [0.05, 0.1) is 21.8 Å². The number of aromatic amines is 1. The number of carbonyl (C=O) groups is 1. The molecule has 1 aliphatic heterocycles. The van der Waals surface area contributed by atoms with Crippen molar-refractivity contribution in [2.75, 3.05) is 5.73 Å². The van der Waals surface area contributed by atoms with Crippen molar-refractivity contribution in [3.63, 3.8) is 0 Å². The number of benzene rings is 1. The number of fused-ring (bicyclic) bond motifs is 3. The third kappa shape index (κ3) is 2.72. The van der Waals surface area contributed by atoms with E-state index >= 15 is 0 Å². The summed E-state index contributed by atoms with van der Waals surface area (Å²) in [7, 11) is 0. The Bertz CT molecular complexity index is 911. The van der Waals surface area contributed by atoms with Crippen LogP contribution in [0.1, 0.15) is 19.0 Å².